The molecule has 0 amide bonds. The van der Waals surface area contributed by atoms with Crippen LogP contribution in [-0.4, -0.2) is 19.6 Å². The van der Waals surface area contributed by atoms with Gasteiger partial charge in [0.25, 0.3) is 0 Å². The highest BCUT2D eigenvalue weighted by molar-refractivity contribution is 5.37. The molecule has 4 N–H and O–H groups in total. The maximum absolute atomic E-state index is 13.8. The van der Waals surface area contributed by atoms with Crippen molar-refractivity contribution in [3.05, 3.63) is 82.5 Å². The van der Waals surface area contributed by atoms with Crippen LogP contribution in [0.4, 0.5) is 13.2 Å². The Bertz CT molecular complexity index is 880. The summed E-state index contributed by atoms with van der Waals surface area (Å²) in [5.41, 5.74) is 7.06. The Kier molecular flexibility index (Phi) is 7.87. The molecule has 0 radical (unpaired) electrons. The van der Waals surface area contributed by atoms with E-state index in [0.717, 1.165) is 11.6 Å². The van der Waals surface area contributed by atoms with Gasteiger partial charge in [-0.2, -0.15) is 5.26 Å². The zero-order valence-electron chi connectivity index (χ0n) is 15.3. The van der Waals surface area contributed by atoms with Gasteiger partial charge in [-0.3, -0.25) is 0 Å². The first-order valence-corrected chi connectivity index (χ1v) is 8.54. The normalized spacial score (nSPS) is 12.4. The second kappa shape index (κ2) is 10.3. The van der Waals surface area contributed by atoms with Gasteiger partial charge >= 0.3 is 0 Å². The molecular formula is C20H21F3N4O. The number of hydrogen-bond donors (Lipinski definition) is 3. The van der Waals surface area contributed by atoms with E-state index in [1.807, 2.05) is 0 Å². The Balaban J connectivity index is 2.13. The average Bonchev–Trinajstić information content (AvgIpc) is 2.67. The van der Waals surface area contributed by atoms with Crippen molar-refractivity contribution in [3.8, 4) is 6.07 Å². The summed E-state index contributed by atoms with van der Waals surface area (Å²) in [5, 5.41) is 15.1. The Morgan fingerprint density at radius 2 is 1.89 bits per heavy atom. The van der Waals surface area contributed by atoms with E-state index in [0.29, 0.717) is 18.2 Å². The minimum atomic E-state index is -1.26. The van der Waals surface area contributed by atoms with Crippen molar-refractivity contribution >= 4 is 0 Å². The monoisotopic (exact) mass is 390 g/mol. The second-order valence-electron chi connectivity index (χ2n) is 6.02. The van der Waals surface area contributed by atoms with Crippen LogP contribution in [0.25, 0.3) is 0 Å². The topological polar surface area (TPSA) is 83.1 Å². The summed E-state index contributed by atoms with van der Waals surface area (Å²) in [4.78, 5) is 0. The number of nitrogens with one attached hydrogen (secondary N) is 2. The predicted octanol–water partition coefficient (Wildman–Crippen LogP) is 2.67. The SMILES string of the molecule is CNCC(N)/C=C(\NCc1ccccc1C#N)OCc1cc(F)c(F)cc1F. The molecule has 0 saturated carbocycles. The fraction of sp³-hybridized carbons (Fsp3) is 0.250. The fourth-order valence-corrected chi connectivity index (χ4v) is 2.44. The lowest BCUT2D eigenvalue weighted by Crippen LogP contribution is -2.31. The number of nitrogens with two attached hydrogens (primary N) is 1. The predicted molar refractivity (Wildman–Crippen MR) is 99.1 cm³/mol. The zero-order valence-corrected chi connectivity index (χ0v) is 15.3. The van der Waals surface area contributed by atoms with Crippen LogP contribution in [0.3, 0.4) is 0 Å². The first-order chi connectivity index (χ1) is 13.4. The Labute approximate surface area is 161 Å². The summed E-state index contributed by atoms with van der Waals surface area (Å²) >= 11 is 0. The number of nitrogens with zero attached hydrogens (tertiary/aromatic N) is 1. The molecule has 0 heterocycles. The lowest BCUT2D eigenvalue weighted by molar-refractivity contribution is 0.171. The number of benzene rings is 2. The van der Waals surface area contributed by atoms with Crippen LogP contribution in [-0.2, 0) is 17.9 Å². The molecule has 0 fully saturated rings. The van der Waals surface area contributed by atoms with Crippen molar-refractivity contribution in [2.24, 2.45) is 5.73 Å². The molecule has 8 heteroatoms. The van der Waals surface area contributed by atoms with Crippen LogP contribution in [0.5, 0.6) is 0 Å². The van der Waals surface area contributed by atoms with Crippen LogP contribution < -0.4 is 16.4 Å². The summed E-state index contributed by atoms with van der Waals surface area (Å²) in [6.07, 6.45) is 1.59. The standard InChI is InChI=1S/C20H21F3N4O/c1-26-11-16(25)7-20(27-10-14-5-3-2-4-13(14)9-24)28-12-15-6-18(22)19(23)8-17(15)21/h2-8,16,26-27H,10-12,25H2,1H3/b20-7+. The molecule has 0 aliphatic rings. The Hall–Kier alpha value is -3.02. The number of ether oxygens (including phenoxy) is 1. The van der Waals surface area contributed by atoms with Gasteiger partial charge in [0, 0.05) is 30.8 Å². The van der Waals surface area contributed by atoms with Crippen molar-refractivity contribution in [1.82, 2.24) is 10.6 Å². The third-order valence-electron chi connectivity index (χ3n) is 3.87. The van der Waals surface area contributed by atoms with E-state index in [-0.39, 0.29) is 24.6 Å². The van der Waals surface area contributed by atoms with Crippen molar-refractivity contribution in [2.45, 2.75) is 19.2 Å². The molecule has 28 heavy (non-hydrogen) atoms. The van der Waals surface area contributed by atoms with E-state index in [4.69, 9.17) is 10.5 Å². The van der Waals surface area contributed by atoms with Crippen LogP contribution >= 0.6 is 0 Å². The number of nitriles is 1. The van der Waals surface area contributed by atoms with E-state index in [9.17, 15) is 18.4 Å². The molecule has 0 spiro atoms. The van der Waals surface area contributed by atoms with Crippen LogP contribution in [0.15, 0.2) is 48.4 Å². The molecule has 0 aromatic heterocycles. The Morgan fingerprint density at radius 3 is 2.61 bits per heavy atom. The molecule has 0 aliphatic carbocycles. The van der Waals surface area contributed by atoms with E-state index in [1.165, 1.54) is 0 Å². The molecule has 148 valence electrons. The molecule has 1 atom stereocenters. The molecule has 5 nitrogen and oxygen atoms in total. The lowest BCUT2D eigenvalue weighted by Gasteiger charge is -2.16. The number of hydrogen-bond acceptors (Lipinski definition) is 5. The zero-order chi connectivity index (χ0) is 20.5. The fourth-order valence-electron chi connectivity index (χ4n) is 2.44. The summed E-state index contributed by atoms with van der Waals surface area (Å²) in [6.45, 7) is 0.402. The van der Waals surface area contributed by atoms with Gasteiger partial charge in [0.15, 0.2) is 17.5 Å². The van der Waals surface area contributed by atoms with Crippen molar-refractivity contribution in [3.63, 3.8) is 0 Å². The van der Waals surface area contributed by atoms with E-state index >= 15 is 0 Å². The van der Waals surface area contributed by atoms with Gasteiger partial charge in [0.05, 0.1) is 11.6 Å². The summed E-state index contributed by atoms with van der Waals surface area (Å²) in [7, 11) is 1.74. The molecule has 2 rings (SSSR count). The highest BCUT2D eigenvalue weighted by Gasteiger charge is 2.12. The van der Waals surface area contributed by atoms with E-state index in [1.54, 1.807) is 37.4 Å². The number of likely N-dealkylation sites (N-methyl/N-ethyl adjacent to an activating group) is 1. The summed E-state index contributed by atoms with van der Waals surface area (Å²) < 4.78 is 45.8. The second-order valence-corrected chi connectivity index (χ2v) is 6.02. The third kappa shape index (κ3) is 6.01. The maximum atomic E-state index is 13.8. The minimum Gasteiger partial charge on any atom is -0.474 e. The highest BCUT2D eigenvalue weighted by Crippen LogP contribution is 2.16. The van der Waals surface area contributed by atoms with Gasteiger partial charge in [-0.25, -0.2) is 13.2 Å². The maximum Gasteiger partial charge on any atom is 0.184 e. The van der Waals surface area contributed by atoms with Gasteiger partial charge in [-0.15, -0.1) is 0 Å². The molecule has 0 aliphatic heterocycles. The molecule has 0 bridgehead atoms. The van der Waals surface area contributed by atoms with E-state index < -0.39 is 23.5 Å². The summed E-state index contributed by atoms with van der Waals surface area (Å²) in [6, 6.07) is 9.93. The first kappa shape index (κ1) is 21.3. The quantitative estimate of drug-likeness (QED) is 0.453. The molecular weight excluding hydrogens is 369 g/mol. The van der Waals surface area contributed by atoms with Gasteiger partial charge in [-0.05, 0) is 30.8 Å². The van der Waals surface area contributed by atoms with Gasteiger partial charge in [-0.1, -0.05) is 18.2 Å². The van der Waals surface area contributed by atoms with Gasteiger partial charge in [0.1, 0.15) is 12.4 Å². The molecule has 2 aromatic carbocycles. The van der Waals surface area contributed by atoms with Crippen molar-refractivity contribution < 1.29 is 17.9 Å². The minimum absolute atomic E-state index is 0.133. The third-order valence-corrected chi connectivity index (χ3v) is 3.87. The van der Waals surface area contributed by atoms with Crippen molar-refractivity contribution in [2.75, 3.05) is 13.6 Å². The first-order valence-electron chi connectivity index (χ1n) is 8.54. The average molecular weight is 390 g/mol. The van der Waals surface area contributed by atoms with Crippen LogP contribution in [0, 0.1) is 28.8 Å². The van der Waals surface area contributed by atoms with Crippen molar-refractivity contribution in [1.29, 1.82) is 5.26 Å². The Morgan fingerprint density at radius 1 is 1.18 bits per heavy atom. The number of halogens is 3. The van der Waals surface area contributed by atoms with Gasteiger partial charge < -0.3 is 21.1 Å². The highest BCUT2D eigenvalue weighted by atomic mass is 19.2. The van der Waals surface area contributed by atoms with Crippen LogP contribution in [0.2, 0.25) is 0 Å². The van der Waals surface area contributed by atoms with Crippen LogP contribution in [0.1, 0.15) is 16.7 Å². The lowest BCUT2D eigenvalue weighted by atomic mass is 10.1. The smallest absolute Gasteiger partial charge is 0.184 e. The van der Waals surface area contributed by atoms with E-state index in [2.05, 4.69) is 16.7 Å². The number of rotatable bonds is 9. The van der Waals surface area contributed by atoms with Gasteiger partial charge in [0.2, 0.25) is 0 Å². The molecule has 0 saturated heterocycles. The largest absolute Gasteiger partial charge is 0.474 e. The summed E-state index contributed by atoms with van der Waals surface area (Å²) in [5.74, 6) is -3.10. The molecule has 1 unspecified atom stereocenters. The molecule has 2 aromatic rings.